The van der Waals surface area contributed by atoms with Gasteiger partial charge in [-0.2, -0.15) is 0 Å². The monoisotopic (exact) mass is 153 g/mol. The van der Waals surface area contributed by atoms with Crippen LogP contribution in [0.2, 0.25) is 0 Å². The molecule has 0 aromatic carbocycles. The predicted molar refractivity (Wildman–Crippen MR) is 41.8 cm³/mol. The summed E-state index contributed by atoms with van der Waals surface area (Å²) in [5.74, 6) is 0.883. The largest absolute Gasteiger partial charge is 0.342 e. The molecule has 0 N–H and O–H groups in total. The third-order valence-electron chi connectivity index (χ3n) is 1.58. The van der Waals surface area contributed by atoms with Gasteiger partial charge >= 0.3 is 0 Å². The van der Waals surface area contributed by atoms with Crippen LogP contribution in [-0.4, -0.2) is 10.4 Å². The maximum atomic E-state index is 4.84. The lowest BCUT2D eigenvalue weighted by atomic mass is 10.1. The standard InChI is InChI=1S/C8H13N2O/c1-2-3-4-5-6-8-7-9-10-11-8/h7H,1-6H2. The first kappa shape index (κ1) is 8.24. The molecule has 0 aliphatic rings. The second kappa shape index (κ2) is 4.88. The average molecular weight is 153 g/mol. The molecule has 0 saturated carbocycles. The fourth-order valence-electron chi connectivity index (χ4n) is 0.951. The van der Waals surface area contributed by atoms with Gasteiger partial charge in [-0.25, -0.2) is 0 Å². The summed E-state index contributed by atoms with van der Waals surface area (Å²) in [6, 6.07) is 0. The lowest BCUT2D eigenvalue weighted by Gasteiger charge is -1.93. The number of hydrogen-bond donors (Lipinski definition) is 0. The van der Waals surface area contributed by atoms with Crippen molar-refractivity contribution in [1.82, 2.24) is 10.4 Å². The normalized spacial score (nSPS) is 10.3. The van der Waals surface area contributed by atoms with Gasteiger partial charge in [-0.1, -0.05) is 26.2 Å². The highest BCUT2D eigenvalue weighted by Crippen LogP contribution is 2.04. The minimum Gasteiger partial charge on any atom is -0.342 e. The van der Waals surface area contributed by atoms with Crippen LogP contribution >= 0.6 is 0 Å². The van der Waals surface area contributed by atoms with E-state index in [2.05, 4.69) is 17.3 Å². The molecule has 0 bridgehead atoms. The molecule has 0 unspecified atom stereocenters. The van der Waals surface area contributed by atoms with E-state index in [1.165, 1.54) is 12.8 Å². The van der Waals surface area contributed by atoms with Crippen molar-refractivity contribution in [3.63, 3.8) is 0 Å². The van der Waals surface area contributed by atoms with E-state index in [0.29, 0.717) is 0 Å². The Hall–Kier alpha value is -0.860. The topological polar surface area (TPSA) is 38.9 Å². The molecule has 0 fully saturated rings. The summed E-state index contributed by atoms with van der Waals surface area (Å²) in [4.78, 5) is 0. The van der Waals surface area contributed by atoms with Crippen molar-refractivity contribution in [3.05, 3.63) is 18.9 Å². The SMILES string of the molecule is [CH2]CCCCCc1cnno1. The van der Waals surface area contributed by atoms with Crippen LogP contribution in [0, 0.1) is 6.92 Å². The minimum atomic E-state index is 0.883. The van der Waals surface area contributed by atoms with E-state index in [-0.39, 0.29) is 0 Å². The van der Waals surface area contributed by atoms with Crippen LogP contribution in [0.5, 0.6) is 0 Å². The molecule has 61 valence electrons. The quantitative estimate of drug-likeness (QED) is 0.607. The third-order valence-corrected chi connectivity index (χ3v) is 1.58. The van der Waals surface area contributed by atoms with Gasteiger partial charge in [0.2, 0.25) is 0 Å². The van der Waals surface area contributed by atoms with Crippen LogP contribution in [0.25, 0.3) is 0 Å². The molecule has 11 heavy (non-hydrogen) atoms. The first-order chi connectivity index (χ1) is 5.43. The Balaban J connectivity index is 2.04. The lowest BCUT2D eigenvalue weighted by molar-refractivity contribution is 0.358. The van der Waals surface area contributed by atoms with Crippen LogP contribution in [0.4, 0.5) is 0 Å². The number of unbranched alkanes of at least 4 members (excludes halogenated alkanes) is 3. The van der Waals surface area contributed by atoms with Gasteiger partial charge in [-0.15, -0.1) is 5.10 Å². The Morgan fingerprint density at radius 2 is 2.27 bits per heavy atom. The molecule has 3 heteroatoms. The van der Waals surface area contributed by atoms with Crippen LogP contribution in [-0.2, 0) is 6.42 Å². The number of nitrogens with zero attached hydrogens (tertiary/aromatic N) is 2. The van der Waals surface area contributed by atoms with Gasteiger partial charge in [0.1, 0.15) is 0 Å². The van der Waals surface area contributed by atoms with Crippen molar-refractivity contribution in [2.75, 3.05) is 0 Å². The zero-order valence-electron chi connectivity index (χ0n) is 6.62. The Morgan fingerprint density at radius 1 is 1.36 bits per heavy atom. The number of hydrogen-bond acceptors (Lipinski definition) is 3. The number of aryl methyl sites for hydroxylation is 1. The van der Waals surface area contributed by atoms with E-state index in [1.54, 1.807) is 6.20 Å². The van der Waals surface area contributed by atoms with Gasteiger partial charge in [0, 0.05) is 11.7 Å². The van der Waals surface area contributed by atoms with Crippen LogP contribution in [0.1, 0.15) is 31.4 Å². The molecule has 1 heterocycles. The van der Waals surface area contributed by atoms with Gasteiger partial charge in [0.05, 0.1) is 6.20 Å². The van der Waals surface area contributed by atoms with Gasteiger partial charge in [0.15, 0.2) is 5.76 Å². The highest BCUT2D eigenvalue weighted by Gasteiger charge is 1.96. The van der Waals surface area contributed by atoms with E-state index in [0.717, 1.165) is 25.0 Å². The van der Waals surface area contributed by atoms with Crippen molar-refractivity contribution < 1.29 is 4.52 Å². The van der Waals surface area contributed by atoms with E-state index in [4.69, 9.17) is 4.52 Å². The molecular weight excluding hydrogens is 140 g/mol. The lowest BCUT2D eigenvalue weighted by Crippen LogP contribution is -1.82. The third kappa shape index (κ3) is 3.16. The molecule has 0 aliphatic heterocycles. The second-order valence-corrected chi connectivity index (χ2v) is 2.55. The molecule has 1 rings (SSSR count). The molecule has 0 spiro atoms. The minimum absolute atomic E-state index is 0.883. The van der Waals surface area contributed by atoms with Crippen molar-refractivity contribution in [3.8, 4) is 0 Å². The van der Waals surface area contributed by atoms with Crippen molar-refractivity contribution in [2.24, 2.45) is 0 Å². The molecule has 0 aliphatic carbocycles. The van der Waals surface area contributed by atoms with Crippen molar-refractivity contribution >= 4 is 0 Å². The summed E-state index contributed by atoms with van der Waals surface area (Å²) in [6.45, 7) is 3.77. The van der Waals surface area contributed by atoms with Crippen molar-refractivity contribution in [1.29, 1.82) is 0 Å². The van der Waals surface area contributed by atoms with Gasteiger partial charge in [-0.3, -0.25) is 0 Å². The van der Waals surface area contributed by atoms with E-state index < -0.39 is 0 Å². The summed E-state index contributed by atoms with van der Waals surface area (Å²) in [5, 5.41) is 6.98. The van der Waals surface area contributed by atoms with E-state index in [1.807, 2.05) is 0 Å². The van der Waals surface area contributed by atoms with Crippen LogP contribution < -0.4 is 0 Å². The highest BCUT2D eigenvalue weighted by molar-refractivity contribution is 4.84. The van der Waals surface area contributed by atoms with Crippen LogP contribution in [0.3, 0.4) is 0 Å². The Labute approximate surface area is 66.8 Å². The van der Waals surface area contributed by atoms with Gasteiger partial charge in [-0.05, 0) is 6.42 Å². The summed E-state index contributed by atoms with van der Waals surface area (Å²) in [5.41, 5.74) is 0. The number of aromatic nitrogens is 2. The fourth-order valence-corrected chi connectivity index (χ4v) is 0.951. The second-order valence-electron chi connectivity index (χ2n) is 2.55. The van der Waals surface area contributed by atoms with Crippen molar-refractivity contribution in [2.45, 2.75) is 32.1 Å². The Bertz CT molecular complexity index is 172. The van der Waals surface area contributed by atoms with Crippen LogP contribution in [0.15, 0.2) is 10.7 Å². The van der Waals surface area contributed by atoms with E-state index in [9.17, 15) is 0 Å². The van der Waals surface area contributed by atoms with E-state index >= 15 is 0 Å². The fraction of sp³-hybridized carbons (Fsp3) is 0.625. The first-order valence-electron chi connectivity index (χ1n) is 3.99. The average Bonchev–Trinajstić information content (AvgIpc) is 2.50. The molecule has 3 nitrogen and oxygen atoms in total. The summed E-state index contributed by atoms with van der Waals surface area (Å²) >= 11 is 0. The van der Waals surface area contributed by atoms with Gasteiger partial charge in [0.25, 0.3) is 0 Å². The highest BCUT2D eigenvalue weighted by atomic mass is 16.5. The molecule has 0 saturated heterocycles. The Kier molecular flexibility index (Phi) is 3.65. The molecule has 1 radical (unpaired) electrons. The molecule has 1 aromatic heterocycles. The summed E-state index contributed by atoms with van der Waals surface area (Å²) in [6.07, 6.45) is 7.20. The molecule has 0 amide bonds. The maximum Gasteiger partial charge on any atom is 0.157 e. The molecule has 0 atom stereocenters. The summed E-state index contributed by atoms with van der Waals surface area (Å²) in [7, 11) is 0. The zero-order valence-corrected chi connectivity index (χ0v) is 6.62. The number of rotatable bonds is 5. The first-order valence-corrected chi connectivity index (χ1v) is 3.99. The zero-order chi connectivity index (χ0) is 7.94. The molecular formula is C8H13N2O. The predicted octanol–water partition coefficient (Wildman–Crippen LogP) is 2.01. The maximum absolute atomic E-state index is 4.84. The summed E-state index contributed by atoms with van der Waals surface area (Å²) < 4.78 is 4.84. The van der Waals surface area contributed by atoms with Gasteiger partial charge < -0.3 is 4.52 Å². The molecule has 1 aromatic rings. The smallest absolute Gasteiger partial charge is 0.157 e. The Morgan fingerprint density at radius 3 is 2.91 bits per heavy atom.